The molecule has 0 amide bonds. The van der Waals surface area contributed by atoms with Gasteiger partial charge in [-0.3, -0.25) is 0 Å². The van der Waals surface area contributed by atoms with Gasteiger partial charge in [-0.2, -0.15) is 14.9 Å². The maximum absolute atomic E-state index is 12.0. The summed E-state index contributed by atoms with van der Waals surface area (Å²) in [6.07, 6.45) is 3.89. The molecule has 0 bridgehead atoms. The zero-order chi connectivity index (χ0) is 18.7. The van der Waals surface area contributed by atoms with Crippen LogP contribution in [0.4, 0.5) is 0 Å². The predicted octanol–water partition coefficient (Wildman–Crippen LogP) is 2.72. The number of hydrogen-bond donors (Lipinski definition) is 2. The Balaban J connectivity index is 1.89. The molecular formula is C17H14BrN4O4+. The monoisotopic (exact) mass is 417 g/mol. The Morgan fingerprint density at radius 3 is 2.73 bits per heavy atom. The van der Waals surface area contributed by atoms with Crippen LogP contribution in [0.5, 0.6) is 11.5 Å². The quantitative estimate of drug-likeness (QED) is 0.294. The zero-order valence-corrected chi connectivity index (χ0v) is 15.2. The lowest BCUT2D eigenvalue weighted by Crippen LogP contribution is -2.20. The number of nitrogens with zero attached hydrogens (tertiary/aromatic N) is 4. The third-order valence-corrected chi connectivity index (χ3v) is 4.18. The lowest BCUT2D eigenvalue weighted by atomic mass is 10.2. The molecule has 2 N–H and O–H groups in total. The first-order valence-electron chi connectivity index (χ1n) is 7.40. The summed E-state index contributed by atoms with van der Waals surface area (Å²) < 4.78 is 7.03. The number of para-hydroxylation sites is 2. The first-order valence-corrected chi connectivity index (χ1v) is 8.19. The third kappa shape index (κ3) is 3.42. The van der Waals surface area contributed by atoms with Crippen molar-refractivity contribution >= 4 is 39.4 Å². The van der Waals surface area contributed by atoms with Gasteiger partial charge in [-0.25, -0.2) is 0 Å². The summed E-state index contributed by atoms with van der Waals surface area (Å²) in [6, 6.07) is 9.87. The van der Waals surface area contributed by atoms with Crippen LogP contribution < -0.4 is 9.16 Å². The van der Waals surface area contributed by atoms with Gasteiger partial charge in [0.2, 0.25) is 0 Å². The molecule has 0 saturated heterocycles. The van der Waals surface area contributed by atoms with Crippen molar-refractivity contribution in [2.24, 2.45) is 10.2 Å². The molecule has 2 aromatic carbocycles. The zero-order valence-electron chi connectivity index (χ0n) is 13.6. The number of phenols is 1. The van der Waals surface area contributed by atoms with E-state index >= 15 is 0 Å². The molecule has 132 valence electrons. The number of aromatic hydroxyl groups is 1. The van der Waals surface area contributed by atoms with E-state index in [1.54, 1.807) is 36.4 Å². The van der Waals surface area contributed by atoms with Crippen molar-refractivity contribution in [1.29, 1.82) is 0 Å². The highest BCUT2D eigenvalue weighted by Gasteiger charge is 2.13. The smallest absolute Gasteiger partial charge is 0.289 e. The number of methoxy groups -OCH3 is 1. The van der Waals surface area contributed by atoms with Gasteiger partial charge in [-0.1, -0.05) is 12.1 Å². The topological polar surface area (TPSA) is 102 Å². The molecule has 26 heavy (non-hydrogen) atoms. The molecule has 0 saturated carbocycles. The number of aromatic nitrogens is 2. The molecule has 0 aliphatic rings. The third-order valence-electron chi connectivity index (χ3n) is 3.58. The second-order valence-corrected chi connectivity index (χ2v) is 6.08. The molecule has 0 aliphatic carbocycles. The first kappa shape index (κ1) is 17.6. The minimum atomic E-state index is -0.00867. The number of benzene rings is 2. The molecule has 1 heterocycles. The van der Waals surface area contributed by atoms with Crippen molar-refractivity contribution in [1.82, 2.24) is 4.73 Å². The number of halogens is 1. The lowest BCUT2D eigenvalue weighted by molar-refractivity contribution is -0.465. The van der Waals surface area contributed by atoms with Crippen molar-refractivity contribution in [3.63, 3.8) is 0 Å². The number of hydrogen-bond acceptors (Lipinski definition) is 6. The molecule has 1 aromatic heterocycles. The van der Waals surface area contributed by atoms with Gasteiger partial charge in [-0.15, -0.1) is 0 Å². The van der Waals surface area contributed by atoms with E-state index in [1.165, 1.54) is 25.7 Å². The molecule has 8 nitrogen and oxygen atoms in total. The Kier molecular flexibility index (Phi) is 4.99. The first-order chi connectivity index (χ1) is 12.5. The van der Waals surface area contributed by atoms with Gasteiger partial charge < -0.3 is 15.1 Å². The average Bonchev–Trinajstić information content (AvgIpc) is 2.65. The summed E-state index contributed by atoms with van der Waals surface area (Å²) >= 11 is 3.22. The number of phenolic OH excluding ortho intramolecular Hbond substituents is 1. The summed E-state index contributed by atoms with van der Waals surface area (Å²) in [5.41, 5.74) is 1.48. The highest BCUT2D eigenvalue weighted by Crippen LogP contribution is 2.34. The van der Waals surface area contributed by atoms with Crippen LogP contribution in [0.3, 0.4) is 0 Å². The van der Waals surface area contributed by atoms with E-state index in [9.17, 15) is 15.2 Å². The van der Waals surface area contributed by atoms with Crippen LogP contribution in [0.15, 0.2) is 57.3 Å². The number of ether oxygens (including phenoxy) is 1. The Labute approximate surface area is 156 Å². The minimum absolute atomic E-state index is 0.00867. The normalized spacial score (nSPS) is 11.6. The molecular weight excluding hydrogens is 404 g/mol. The van der Waals surface area contributed by atoms with Gasteiger partial charge >= 0.3 is 0 Å². The Morgan fingerprint density at radius 2 is 1.96 bits per heavy atom. The van der Waals surface area contributed by atoms with Gasteiger partial charge in [0.25, 0.3) is 11.7 Å². The van der Waals surface area contributed by atoms with Crippen LogP contribution in [-0.4, -0.2) is 34.6 Å². The van der Waals surface area contributed by atoms with Gasteiger partial charge in [0.05, 0.1) is 28.4 Å². The molecule has 3 aromatic rings. The summed E-state index contributed by atoms with van der Waals surface area (Å²) in [7, 11) is 1.44. The van der Waals surface area contributed by atoms with Crippen molar-refractivity contribution in [3.05, 3.63) is 63.2 Å². The van der Waals surface area contributed by atoms with Gasteiger partial charge in [0, 0.05) is 11.0 Å². The van der Waals surface area contributed by atoms with Crippen molar-refractivity contribution in [3.8, 4) is 11.5 Å². The van der Waals surface area contributed by atoms with Crippen LogP contribution in [0, 0.1) is 4.91 Å². The molecule has 0 aliphatic heterocycles. The van der Waals surface area contributed by atoms with Gasteiger partial charge in [-0.05, 0) is 39.7 Å². The fourth-order valence-electron chi connectivity index (χ4n) is 2.32. The van der Waals surface area contributed by atoms with Crippen LogP contribution in [0.1, 0.15) is 11.3 Å². The molecule has 0 spiro atoms. The molecule has 0 unspecified atom stereocenters. The maximum atomic E-state index is 12.0. The number of rotatable bonds is 4. The fourth-order valence-corrected chi connectivity index (χ4v) is 2.78. The minimum Gasteiger partial charge on any atom is -0.503 e. The van der Waals surface area contributed by atoms with E-state index < -0.39 is 0 Å². The molecule has 9 heteroatoms. The Morgan fingerprint density at radius 1 is 1.23 bits per heavy atom. The highest BCUT2D eigenvalue weighted by atomic mass is 79.9. The van der Waals surface area contributed by atoms with E-state index in [1.807, 2.05) is 0 Å². The average molecular weight is 418 g/mol. The summed E-state index contributed by atoms with van der Waals surface area (Å²) in [4.78, 5) is 12.0. The molecule has 0 radical (unpaired) electrons. The van der Waals surface area contributed by atoms with Crippen molar-refractivity contribution in [2.45, 2.75) is 0 Å². The van der Waals surface area contributed by atoms with E-state index in [0.717, 1.165) is 4.73 Å². The van der Waals surface area contributed by atoms with Crippen LogP contribution in [0.2, 0.25) is 0 Å². The lowest BCUT2D eigenvalue weighted by Gasteiger charge is -2.05. The Bertz CT molecular complexity index is 1090. The maximum Gasteiger partial charge on any atom is 0.289 e. The van der Waals surface area contributed by atoms with Crippen molar-refractivity contribution in [2.75, 3.05) is 7.11 Å². The standard InChI is InChI=1S/C17H13BrN4O4/c1-26-16-7-11(6-13(18)17(16)23)8-19-20-9-12-10-21(24)14-4-2-3-5-15(14)22(12)25/h2-10,25H,1H3/p+1. The SMILES string of the molecule is COc1cc(/C=N\N=C/c2c[n+](=O)c3ccccc3n2O)cc(Br)c1O. The fraction of sp³-hybridized carbons (Fsp3) is 0.0588. The van der Waals surface area contributed by atoms with E-state index in [2.05, 4.69) is 26.1 Å². The highest BCUT2D eigenvalue weighted by molar-refractivity contribution is 9.10. The van der Waals surface area contributed by atoms with E-state index in [-0.39, 0.29) is 11.4 Å². The van der Waals surface area contributed by atoms with Crippen molar-refractivity contribution < 1.29 is 19.5 Å². The summed E-state index contributed by atoms with van der Waals surface area (Å²) in [6.45, 7) is 0. The second kappa shape index (κ2) is 7.36. The second-order valence-electron chi connectivity index (χ2n) is 5.22. The van der Waals surface area contributed by atoms with E-state index in [0.29, 0.717) is 31.2 Å². The number of fused-ring (bicyclic) bond motifs is 1. The van der Waals surface area contributed by atoms with Crippen LogP contribution >= 0.6 is 15.9 Å². The predicted molar refractivity (Wildman–Crippen MR) is 100 cm³/mol. The van der Waals surface area contributed by atoms with E-state index in [4.69, 9.17) is 4.74 Å². The molecule has 3 rings (SSSR count). The summed E-state index contributed by atoms with van der Waals surface area (Å²) in [5.74, 6) is 0.283. The summed E-state index contributed by atoms with van der Waals surface area (Å²) in [5, 5.41) is 27.7. The van der Waals surface area contributed by atoms with Crippen LogP contribution in [0.25, 0.3) is 11.0 Å². The van der Waals surface area contributed by atoms with Gasteiger partial charge in [0.15, 0.2) is 22.7 Å². The Hall–Kier alpha value is -3.20. The largest absolute Gasteiger partial charge is 0.503 e. The molecule has 0 atom stereocenters. The molecule has 0 fully saturated rings. The van der Waals surface area contributed by atoms with Crippen LogP contribution in [-0.2, 0) is 0 Å². The van der Waals surface area contributed by atoms with Gasteiger partial charge in [0.1, 0.15) is 0 Å².